The highest BCUT2D eigenvalue weighted by atomic mass is 16.6. The Hall–Kier alpha value is -2.08. The smallest absolute Gasteiger partial charge is 0.408 e. The Kier molecular flexibility index (Phi) is 7.47. The van der Waals surface area contributed by atoms with Crippen LogP contribution in [-0.2, 0) is 22.5 Å². The number of nitrogens with one attached hydrogen (secondary N) is 1. The molecule has 1 amide bonds. The van der Waals surface area contributed by atoms with Crippen LogP contribution in [0, 0.1) is 0 Å². The number of ether oxygens (including phenoxy) is 1. The van der Waals surface area contributed by atoms with Crippen molar-refractivity contribution >= 4 is 12.1 Å². The molecule has 0 radical (unpaired) electrons. The average Bonchev–Trinajstić information content (AvgIpc) is 2.57. The fourth-order valence-electron chi connectivity index (χ4n) is 3.66. The summed E-state index contributed by atoms with van der Waals surface area (Å²) >= 11 is 0. The molecule has 1 fully saturated rings. The average molecular weight is 391 g/mol. The van der Waals surface area contributed by atoms with Gasteiger partial charge in [-0.25, -0.2) is 9.59 Å². The number of nitrogens with zero attached hydrogens (tertiary/aromatic N) is 1. The van der Waals surface area contributed by atoms with E-state index in [1.807, 2.05) is 12.1 Å². The van der Waals surface area contributed by atoms with Gasteiger partial charge >= 0.3 is 12.1 Å². The molecule has 1 heterocycles. The molecule has 2 unspecified atom stereocenters. The number of hydrogen-bond acceptors (Lipinski definition) is 4. The molecule has 1 aliphatic heterocycles. The lowest BCUT2D eigenvalue weighted by molar-refractivity contribution is -0.139. The van der Waals surface area contributed by atoms with E-state index in [0.717, 1.165) is 12.1 Å². The van der Waals surface area contributed by atoms with E-state index >= 15 is 0 Å². The summed E-state index contributed by atoms with van der Waals surface area (Å²) in [6.07, 6.45) is 3.26. The maximum absolute atomic E-state index is 11.9. The molecule has 0 aromatic heterocycles. The van der Waals surface area contributed by atoms with Gasteiger partial charge in [-0.05, 0) is 58.6 Å². The molecule has 3 atom stereocenters. The minimum Gasteiger partial charge on any atom is -0.480 e. The number of amides is 1. The summed E-state index contributed by atoms with van der Waals surface area (Å²) in [5.74, 6) is -1.08. The molecule has 2 N–H and O–H groups in total. The highest BCUT2D eigenvalue weighted by molar-refractivity contribution is 5.80. The van der Waals surface area contributed by atoms with Crippen molar-refractivity contribution in [2.45, 2.75) is 90.6 Å². The van der Waals surface area contributed by atoms with Crippen molar-refractivity contribution in [1.82, 2.24) is 10.2 Å². The number of carboxylic acids is 1. The van der Waals surface area contributed by atoms with Gasteiger partial charge < -0.3 is 15.2 Å². The third kappa shape index (κ3) is 6.82. The minimum atomic E-state index is -1.08. The summed E-state index contributed by atoms with van der Waals surface area (Å²) in [6, 6.07) is 8.13. The molecule has 0 bridgehead atoms. The number of hydrogen-bond donors (Lipinski definition) is 2. The Morgan fingerprint density at radius 2 is 1.68 bits per heavy atom. The lowest BCUT2D eigenvalue weighted by Gasteiger charge is -2.39. The number of rotatable bonds is 6. The Balaban J connectivity index is 1.97. The molecular formula is C22H34N2O4. The van der Waals surface area contributed by atoms with Gasteiger partial charge in [-0.2, -0.15) is 0 Å². The summed E-state index contributed by atoms with van der Waals surface area (Å²) in [4.78, 5) is 26.0. The molecule has 6 nitrogen and oxygen atoms in total. The number of benzene rings is 1. The van der Waals surface area contributed by atoms with E-state index in [0.29, 0.717) is 12.1 Å². The maximum Gasteiger partial charge on any atom is 0.408 e. The van der Waals surface area contributed by atoms with E-state index < -0.39 is 23.7 Å². The number of alkyl carbamates (subject to hydrolysis) is 1. The van der Waals surface area contributed by atoms with Crippen molar-refractivity contribution in [2.24, 2.45) is 0 Å². The summed E-state index contributed by atoms with van der Waals surface area (Å²) in [6.45, 7) is 10.7. The topological polar surface area (TPSA) is 78.9 Å². The van der Waals surface area contributed by atoms with Crippen LogP contribution in [0.3, 0.4) is 0 Å². The molecular weight excluding hydrogens is 356 g/mol. The quantitative estimate of drug-likeness (QED) is 0.768. The first-order valence-corrected chi connectivity index (χ1v) is 10.1. The molecule has 28 heavy (non-hydrogen) atoms. The third-order valence-corrected chi connectivity index (χ3v) is 5.19. The van der Waals surface area contributed by atoms with Gasteiger partial charge in [0.05, 0.1) is 0 Å². The molecule has 0 aliphatic carbocycles. The molecule has 0 saturated carbocycles. The maximum atomic E-state index is 11.9. The Labute approximate surface area is 168 Å². The minimum absolute atomic E-state index is 0.214. The zero-order valence-electron chi connectivity index (χ0n) is 17.7. The zero-order valence-corrected chi connectivity index (χ0v) is 17.7. The second-order valence-corrected chi connectivity index (χ2v) is 8.86. The second-order valence-electron chi connectivity index (χ2n) is 8.86. The van der Waals surface area contributed by atoms with Crippen LogP contribution in [-0.4, -0.2) is 45.8 Å². The van der Waals surface area contributed by atoms with Gasteiger partial charge in [0, 0.05) is 25.0 Å². The van der Waals surface area contributed by atoms with E-state index in [4.69, 9.17) is 4.74 Å². The highest BCUT2D eigenvalue weighted by Crippen LogP contribution is 2.24. The number of aliphatic carboxylic acids is 1. The van der Waals surface area contributed by atoms with Gasteiger partial charge in [-0.1, -0.05) is 30.7 Å². The van der Waals surface area contributed by atoms with Crippen LogP contribution >= 0.6 is 0 Å². The number of carbonyl (C=O) groups excluding carboxylic acids is 1. The summed E-state index contributed by atoms with van der Waals surface area (Å²) in [5, 5.41) is 11.9. The molecule has 1 aromatic carbocycles. The molecule has 0 spiro atoms. The van der Waals surface area contributed by atoms with E-state index in [2.05, 4.69) is 36.2 Å². The second kappa shape index (κ2) is 9.41. The van der Waals surface area contributed by atoms with Crippen LogP contribution in [0.25, 0.3) is 0 Å². The fourth-order valence-corrected chi connectivity index (χ4v) is 3.66. The Morgan fingerprint density at radius 3 is 2.18 bits per heavy atom. The lowest BCUT2D eigenvalue weighted by atomic mass is 9.96. The zero-order chi connectivity index (χ0) is 20.9. The van der Waals surface area contributed by atoms with Gasteiger partial charge in [0.2, 0.25) is 0 Å². The number of carbonyl (C=O) groups is 2. The predicted octanol–water partition coefficient (Wildman–Crippen LogP) is 3.97. The first-order chi connectivity index (χ1) is 13.0. The fraction of sp³-hybridized carbons (Fsp3) is 0.636. The van der Waals surface area contributed by atoms with Crippen molar-refractivity contribution in [2.75, 3.05) is 0 Å². The van der Waals surface area contributed by atoms with Crippen molar-refractivity contribution < 1.29 is 19.4 Å². The van der Waals surface area contributed by atoms with Crippen LogP contribution < -0.4 is 5.32 Å². The molecule has 1 aromatic rings. The monoisotopic (exact) mass is 390 g/mol. The highest BCUT2D eigenvalue weighted by Gasteiger charge is 2.26. The number of likely N-dealkylation sites (tertiary alicyclic amines) is 1. The largest absolute Gasteiger partial charge is 0.480 e. The van der Waals surface area contributed by atoms with E-state index in [1.165, 1.54) is 24.8 Å². The molecule has 156 valence electrons. The van der Waals surface area contributed by atoms with E-state index in [-0.39, 0.29) is 6.42 Å². The van der Waals surface area contributed by atoms with Gasteiger partial charge in [-0.15, -0.1) is 0 Å². The summed E-state index contributed by atoms with van der Waals surface area (Å²) in [5.41, 5.74) is 1.42. The van der Waals surface area contributed by atoms with Gasteiger partial charge in [0.1, 0.15) is 11.6 Å². The van der Waals surface area contributed by atoms with Crippen molar-refractivity contribution in [3.05, 3.63) is 35.4 Å². The summed E-state index contributed by atoms with van der Waals surface area (Å²) in [7, 11) is 0. The van der Waals surface area contributed by atoms with Gasteiger partial charge in [0.25, 0.3) is 0 Å². The van der Waals surface area contributed by atoms with Gasteiger partial charge in [0.15, 0.2) is 0 Å². The Bertz CT molecular complexity index is 656. The number of piperidine rings is 1. The van der Waals surface area contributed by atoms with E-state index in [9.17, 15) is 14.7 Å². The van der Waals surface area contributed by atoms with Crippen molar-refractivity contribution in [3.63, 3.8) is 0 Å². The first kappa shape index (κ1) is 22.2. The van der Waals surface area contributed by atoms with Crippen LogP contribution in [0.15, 0.2) is 24.3 Å². The van der Waals surface area contributed by atoms with Crippen molar-refractivity contribution in [3.8, 4) is 0 Å². The first-order valence-electron chi connectivity index (χ1n) is 10.1. The number of carboxylic acid groups (broad SMARTS) is 1. The van der Waals surface area contributed by atoms with Crippen LogP contribution in [0.2, 0.25) is 0 Å². The Morgan fingerprint density at radius 1 is 1.14 bits per heavy atom. The lowest BCUT2D eigenvalue weighted by Crippen LogP contribution is -2.44. The molecule has 1 aliphatic rings. The SMILES string of the molecule is CC1CCCC(C)N1Cc1ccc(C[C@@H](NC(=O)OC(C)(C)C)C(=O)O)cc1. The normalized spacial score (nSPS) is 21.8. The van der Waals surface area contributed by atoms with E-state index in [1.54, 1.807) is 20.8 Å². The summed E-state index contributed by atoms with van der Waals surface area (Å²) < 4.78 is 5.16. The third-order valence-electron chi connectivity index (χ3n) is 5.19. The predicted molar refractivity (Wildman–Crippen MR) is 109 cm³/mol. The molecule has 2 rings (SSSR count). The van der Waals surface area contributed by atoms with Crippen molar-refractivity contribution in [1.29, 1.82) is 0 Å². The van der Waals surface area contributed by atoms with Crippen LogP contribution in [0.4, 0.5) is 4.79 Å². The molecule has 1 saturated heterocycles. The molecule has 6 heteroatoms. The van der Waals surface area contributed by atoms with Gasteiger partial charge in [-0.3, -0.25) is 4.90 Å². The standard InChI is InChI=1S/C22H34N2O4/c1-15-7-6-8-16(2)24(15)14-18-11-9-17(10-12-18)13-19(20(25)26)23-21(27)28-22(3,4)5/h9-12,15-16,19H,6-8,13-14H2,1-5H3,(H,23,27)(H,25,26)/t15?,16?,19-/m1/s1. The van der Waals surface area contributed by atoms with Crippen LogP contribution in [0.5, 0.6) is 0 Å². The van der Waals surface area contributed by atoms with Crippen LogP contribution in [0.1, 0.15) is 65.0 Å².